The first kappa shape index (κ1) is 24.8. The van der Waals surface area contributed by atoms with Crippen molar-refractivity contribution in [2.45, 2.75) is 58.3 Å². The Morgan fingerprint density at radius 3 is 2.79 bits per heavy atom. The summed E-state index contributed by atoms with van der Waals surface area (Å²) in [5, 5.41) is 13.6. The van der Waals surface area contributed by atoms with Gasteiger partial charge in [0.15, 0.2) is 17.4 Å². The van der Waals surface area contributed by atoms with Crippen LogP contribution >= 0.6 is 7.75 Å². The number of carbonyl (C=O) groups is 1. The monoisotopic (exact) mass is 500 g/mol. The third kappa shape index (κ3) is 4.88. The summed E-state index contributed by atoms with van der Waals surface area (Å²) in [5.74, 6) is -0.932. The van der Waals surface area contributed by atoms with Crippen molar-refractivity contribution in [3.05, 3.63) is 6.33 Å². The lowest BCUT2D eigenvalue weighted by Gasteiger charge is -2.23. The molecule has 15 heteroatoms. The Kier molecular flexibility index (Phi) is 7.08. The Bertz CT molecular complexity index is 1100. The number of nitrogens with two attached hydrogens (primary N) is 1. The van der Waals surface area contributed by atoms with Gasteiger partial charge in [-0.05, 0) is 27.7 Å². The van der Waals surface area contributed by atoms with E-state index >= 15 is 0 Å². The highest BCUT2D eigenvalue weighted by Crippen LogP contribution is 2.50. The molecule has 0 unspecified atom stereocenters. The zero-order valence-electron chi connectivity index (χ0n) is 19.3. The molecule has 0 amide bonds. The van der Waals surface area contributed by atoms with Gasteiger partial charge in [-0.3, -0.25) is 18.4 Å². The molecule has 2 fully saturated rings. The summed E-state index contributed by atoms with van der Waals surface area (Å²) >= 11 is 0. The molecule has 2 aliphatic heterocycles. The molecule has 188 valence electrons. The van der Waals surface area contributed by atoms with Gasteiger partial charge in [0.2, 0.25) is 11.8 Å². The molecular formula is C19H29N6O8P. The van der Waals surface area contributed by atoms with E-state index in [1.54, 1.807) is 20.8 Å². The number of ether oxygens (including phenoxy) is 3. The molecule has 0 spiro atoms. The molecule has 0 aliphatic carbocycles. The molecule has 0 saturated carbocycles. The van der Waals surface area contributed by atoms with Gasteiger partial charge in [-0.25, -0.2) is 14.6 Å². The van der Waals surface area contributed by atoms with Gasteiger partial charge in [-0.15, -0.1) is 0 Å². The summed E-state index contributed by atoms with van der Waals surface area (Å²) in [6.07, 6.45) is -1.44. The number of carbonyl (C=O) groups excluding carboxylic acids is 1. The second kappa shape index (κ2) is 9.72. The van der Waals surface area contributed by atoms with Crippen LogP contribution in [-0.4, -0.2) is 74.8 Å². The van der Waals surface area contributed by atoms with Crippen LogP contribution in [0.2, 0.25) is 0 Å². The number of anilines is 1. The number of fused-ring (bicyclic) bond motifs is 2. The zero-order chi connectivity index (χ0) is 24.6. The highest BCUT2D eigenvalue weighted by molar-refractivity contribution is 7.51. The van der Waals surface area contributed by atoms with Gasteiger partial charge in [0, 0.05) is 5.92 Å². The molecule has 34 heavy (non-hydrogen) atoms. The minimum absolute atomic E-state index is 0.0109. The minimum atomic E-state index is -3.85. The Hall–Kier alpha value is -2.35. The van der Waals surface area contributed by atoms with E-state index in [1.807, 2.05) is 0 Å². The Balaban J connectivity index is 1.48. The Morgan fingerprint density at radius 2 is 2.09 bits per heavy atom. The lowest BCUT2D eigenvalue weighted by atomic mass is 9.99. The van der Waals surface area contributed by atoms with E-state index < -0.39 is 44.1 Å². The zero-order valence-corrected chi connectivity index (χ0v) is 20.2. The summed E-state index contributed by atoms with van der Waals surface area (Å²) < 4.78 is 42.2. The van der Waals surface area contributed by atoms with E-state index in [0.29, 0.717) is 17.8 Å². The van der Waals surface area contributed by atoms with Crippen molar-refractivity contribution < 1.29 is 37.7 Å². The molecule has 2 saturated heterocycles. The van der Waals surface area contributed by atoms with Gasteiger partial charge in [0.05, 0.1) is 38.4 Å². The number of hydrogen-bond acceptors (Lipinski definition) is 12. The molecule has 6 atom stereocenters. The summed E-state index contributed by atoms with van der Waals surface area (Å²) in [5.41, 5.74) is 6.53. The van der Waals surface area contributed by atoms with Crippen LogP contribution in [0.4, 0.5) is 5.95 Å². The number of nitrogen functional groups attached to an aromatic ring is 1. The fourth-order valence-corrected chi connectivity index (χ4v) is 5.33. The van der Waals surface area contributed by atoms with Crippen molar-refractivity contribution in [1.29, 1.82) is 0 Å². The summed E-state index contributed by atoms with van der Waals surface area (Å²) in [6, 6.07) is -0.924. The Labute approximate surface area is 195 Å². The SMILES string of the molecule is CCOc1nc(N)nc2c1ncn2[C@@H]1O[C@@H]2CO[P@@](=O)(N[C@H](C)C(=O)OC(C)C)OC[C@H]2[C@H]1O. The van der Waals surface area contributed by atoms with Gasteiger partial charge in [0.1, 0.15) is 12.1 Å². The third-order valence-corrected chi connectivity index (χ3v) is 7.07. The van der Waals surface area contributed by atoms with Gasteiger partial charge in [-0.2, -0.15) is 9.97 Å². The smallest absolute Gasteiger partial charge is 0.406 e. The van der Waals surface area contributed by atoms with Crippen LogP contribution < -0.4 is 15.6 Å². The average Bonchev–Trinajstić information content (AvgIpc) is 3.26. The van der Waals surface area contributed by atoms with Crippen LogP contribution in [0.3, 0.4) is 0 Å². The fraction of sp³-hybridized carbons (Fsp3) is 0.684. The maximum absolute atomic E-state index is 13.1. The maximum atomic E-state index is 13.1. The topological polar surface area (TPSA) is 182 Å². The van der Waals surface area contributed by atoms with Crippen molar-refractivity contribution in [3.8, 4) is 5.88 Å². The third-order valence-electron chi connectivity index (χ3n) is 5.39. The standard InChI is InChI=1S/C19H29N6O8P/c1-5-29-16-13-15(22-19(20)23-16)25(8-21-13)17-14(26)11-6-30-34(28,31-7-12(11)33-17)24-10(4)18(27)32-9(2)3/h8-12,14,17,26H,5-7H2,1-4H3,(H,24,28)(H2,20,22,23)/t10-,11-,12-,14-,17-,34-/m1/s1. The molecule has 2 aliphatic rings. The molecule has 14 nitrogen and oxygen atoms in total. The predicted octanol–water partition coefficient (Wildman–Crippen LogP) is 0.766. The number of imidazole rings is 1. The van der Waals surface area contributed by atoms with Crippen molar-refractivity contribution in [2.75, 3.05) is 25.6 Å². The molecule has 0 radical (unpaired) electrons. The van der Waals surface area contributed by atoms with E-state index in [9.17, 15) is 14.5 Å². The van der Waals surface area contributed by atoms with Crippen LogP contribution in [0.25, 0.3) is 11.2 Å². The number of hydrogen-bond donors (Lipinski definition) is 3. The molecule has 4 heterocycles. The van der Waals surface area contributed by atoms with Gasteiger partial charge >= 0.3 is 13.7 Å². The van der Waals surface area contributed by atoms with Crippen molar-refractivity contribution in [2.24, 2.45) is 5.92 Å². The van der Waals surface area contributed by atoms with Crippen molar-refractivity contribution in [1.82, 2.24) is 24.6 Å². The van der Waals surface area contributed by atoms with Crippen molar-refractivity contribution in [3.63, 3.8) is 0 Å². The number of rotatable bonds is 7. The highest BCUT2D eigenvalue weighted by atomic mass is 31.2. The van der Waals surface area contributed by atoms with E-state index in [1.165, 1.54) is 17.8 Å². The Morgan fingerprint density at radius 1 is 1.35 bits per heavy atom. The molecule has 2 aromatic rings. The lowest BCUT2D eigenvalue weighted by molar-refractivity contribution is -0.149. The van der Waals surface area contributed by atoms with Crippen molar-refractivity contribution >= 4 is 30.8 Å². The van der Waals surface area contributed by atoms with E-state index in [0.717, 1.165) is 0 Å². The van der Waals surface area contributed by atoms with E-state index in [-0.39, 0.29) is 31.1 Å². The molecule has 4 N–H and O–H groups in total. The minimum Gasteiger partial charge on any atom is -0.476 e. The number of nitrogens with one attached hydrogen (secondary N) is 1. The van der Waals surface area contributed by atoms with Crippen LogP contribution in [0, 0.1) is 5.92 Å². The number of aliphatic hydroxyl groups excluding tert-OH is 1. The summed E-state index contributed by atoms with van der Waals surface area (Å²) in [7, 11) is -3.85. The number of aromatic nitrogens is 4. The molecule has 4 rings (SSSR count). The second-order valence-corrected chi connectivity index (χ2v) is 10.1. The maximum Gasteiger partial charge on any atom is 0.406 e. The van der Waals surface area contributed by atoms with Gasteiger partial charge < -0.3 is 25.1 Å². The first-order valence-electron chi connectivity index (χ1n) is 11.0. The number of nitrogens with zero attached hydrogens (tertiary/aromatic N) is 4. The van der Waals surface area contributed by atoms with E-state index in [2.05, 4.69) is 20.0 Å². The number of aliphatic hydroxyl groups is 1. The largest absolute Gasteiger partial charge is 0.476 e. The van der Waals surface area contributed by atoms with Crippen LogP contribution in [-0.2, 0) is 27.9 Å². The highest BCUT2D eigenvalue weighted by Gasteiger charge is 2.49. The molecule has 0 bridgehead atoms. The van der Waals surface area contributed by atoms with Gasteiger partial charge in [-0.1, -0.05) is 0 Å². The summed E-state index contributed by atoms with van der Waals surface area (Å²) in [4.78, 5) is 24.6. The molecule has 2 aromatic heterocycles. The fourth-order valence-electron chi connectivity index (χ4n) is 3.81. The predicted molar refractivity (Wildman–Crippen MR) is 118 cm³/mol. The first-order valence-corrected chi connectivity index (χ1v) is 12.5. The average molecular weight is 500 g/mol. The normalized spacial score (nSPS) is 30.2. The first-order chi connectivity index (χ1) is 16.1. The lowest BCUT2D eigenvalue weighted by Crippen LogP contribution is -2.35. The van der Waals surface area contributed by atoms with E-state index in [4.69, 9.17) is 29.0 Å². The molecular weight excluding hydrogens is 471 g/mol. The summed E-state index contributed by atoms with van der Waals surface area (Å²) in [6.45, 7) is 6.82. The second-order valence-electron chi connectivity index (χ2n) is 8.29. The molecule has 0 aromatic carbocycles. The van der Waals surface area contributed by atoms with Crippen LogP contribution in [0.15, 0.2) is 6.33 Å². The van der Waals surface area contributed by atoms with Crippen LogP contribution in [0.1, 0.15) is 33.9 Å². The van der Waals surface area contributed by atoms with Crippen LogP contribution in [0.5, 0.6) is 5.88 Å². The number of esters is 1. The van der Waals surface area contributed by atoms with Gasteiger partial charge in [0.25, 0.3) is 0 Å². The quantitative estimate of drug-likeness (QED) is 0.358.